The van der Waals surface area contributed by atoms with Crippen LogP contribution >= 0.6 is 0 Å². The summed E-state index contributed by atoms with van der Waals surface area (Å²) < 4.78 is 0. The minimum absolute atomic E-state index is 0.316. The molecule has 0 aliphatic heterocycles. The Balaban J connectivity index is 4.30. The zero-order valence-corrected chi connectivity index (χ0v) is 8.35. The Morgan fingerprint density at radius 1 is 1.27 bits per heavy atom. The summed E-state index contributed by atoms with van der Waals surface area (Å²) in [6, 6.07) is 0. The van der Waals surface area contributed by atoms with E-state index in [2.05, 4.69) is 39.2 Å². The van der Waals surface area contributed by atoms with E-state index in [1.807, 2.05) is 6.20 Å². The van der Waals surface area contributed by atoms with Crippen molar-refractivity contribution < 1.29 is 0 Å². The highest BCUT2D eigenvalue weighted by Gasteiger charge is 2.23. The van der Waals surface area contributed by atoms with Gasteiger partial charge in [-0.05, 0) is 32.9 Å². The van der Waals surface area contributed by atoms with Crippen LogP contribution < -0.4 is 0 Å². The number of nitrogens with zero attached hydrogens (tertiary/aromatic N) is 1. The fourth-order valence-electron chi connectivity index (χ4n) is 1.39. The van der Waals surface area contributed by atoms with E-state index in [1.165, 1.54) is 12.8 Å². The Labute approximate surface area is 71.1 Å². The molecule has 66 valence electrons. The lowest BCUT2D eigenvalue weighted by molar-refractivity contribution is 0.160. The van der Waals surface area contributed by atoms with E-state index in [0.29, 0.717) is 5.54 Å². The van der Waals surface area contributed by atoms with Gasteiger partial charge in [0, 0.05) is 12.1 Å². The molecule has 0 aromatic heterocycles. The normalized spacial score (nSPS) is 11.3. The molecule has 0 N–H and O–H groups in total. The van der Waals surface area contributed by atoms with Crippen LogP contribution in [0.15, 0.2) is 12.8 Å². The maximum atomic E-state index is 3.82. The van der Waals surface area contributed by atoms with Crippen LogP contribution in [0.1, 0.15) is 40.5 Å². The number of hydrogen-bond donors (Lipinski definition) is 0. The Bertz CT molecular complexity index is 114. The van der Waals surface area contributed by atoms with Gasteiger partial charge in [-0.2, -0.15) is 0 Å². The maximum absolute atomic E-state index is 3.82. The van der Waals surface area contributed by atoms with Crippen LogP contribution in [0.25, 0.3) is 0 Å². The summed E-state index contributed by atoms with van der Waals surface area (Å²) in [5.74, 6) is 0. The molecule has 0 fully saturated rings. The van der Waals surface area contributed by atoms with E-state index < -0.39 is 0 Å². The molecule has 0 unspecified atom stereocenters. The van der Waals surface area contributed by atoms with E-state index in [9.17, 15) is 0 Å². The number of hydrogen-bond acceptors (Lipinski definition) is 1. The highest BCUT2D eigenvalue weighted by Crippen LogP contribution is 2.22. The van der Waals surface area contributed by atoms with Gasteiger partial charge in [0.1, 0.15) is 0 Å². The summed E-state index contributed by atoms with van der Waals surface area (Å²) in [5, 5.41) is 0. The first-order valence-corrected chi connectivity index (χ1v) is 4.53. The van der Waals surface area contributed by atoms with Crippen molar-refractivity contribution in [3.8, 4) is 0 Å². The van der Waals surface area contributed by atoms with Gasteiger partial charge >= 0.3 is 0 Å². The van der Waals surface area contributed by atoms with Gasteiger partial charge in [-0.25, -0.2) is 0 Å². The fourth-order valence-corrected chi connectivity index (χ4v) is 1.39. The number of rotatable bonds is 5. The minimum Gasteiger partial charge on any atom is -0.373 e. The van der Waals surface area contributed by atoms with Crippen LogP contribution in [0.2, 0.25) is 0 Å². The van der Waals surface area contributed by atoms with Crippen molar-refractivity contribution >= 4 is 0 Å². The molecule has 0 aliphatic carbocycles. The average Bonchev–Trinajstić information content (AvgIpc) is 2.06. The van der Waals surface area contributed by atoms with Crippen LogP contribution in [-0.4, -0.2) is 17.0 Å². The standard InChI is InChI=1S/C10H21N/c1-6-10(5,7-2)11(8-3)9-4/h8H,3,6-7,9H2,1-2,4-5H3. The van der Waals surface area contributed by atoms with Crippen LogP contribution in [0.4, 0.5) is 0 Å². The lowest BCUT2D eigenvalue weighted by Gasteiger charge is -2.39. The summed E-state index contributed by atoms with van der Waals surface area (Å²) in [5.41, 5.74) is 0.316. The molecule has 0 saturated heterocycles. The van der Waals surface area contributed by atoms with Crippen molar-refractivity contribution in [1.82, 2.24) is 4.90 Å². The van der Waals surface area contributed by atoms with E-state index in [1.54, 1.807) is 0 Å². The Morgan fingerprint density at radius 3 is 1.82 bits per heavy atom. The average molecular weight is 155 g/mol. The molecule has 0 saturated carbocycles. The van der Waals surface area contributed by atoms with Crippen molar-refractivity contribution in [1.29, 1.82) is 0 Å². The van der Waals surface area contributed by atoms with Gasteiger partial charge in [0.15, 0.2) is 0 Å². The van der Waals surface area contributed by atoms with E-state index in [-0.39, 0.29) is 0 Å². The molecule has 0 aromatic carbocycles. The van der Waals surface area contributed by atoms with Gasteiger partial charge in [0.25, 0.3) is 0 Å². The second kappa shape index (κ2) is 4.42. The smallest absolute Gasteiger partial charge is 0.0363 e. The molecule has 0 bridgehead atoms. The van der Waals surface area contributed by atoms with Crippen LogP contribution in [0.5, 0.6) is 0 Å². The Kier molecular flexibility index (Phi) is 4.24. The van der Waals surface area contributed by atoms with Crippen LogP contribution in [-0.2, 0) is 0 Å². The molecule has 1 heteroatoms. The van der Waals surface area contributed by atoms with Crippen molar-refractivity contribution in [2.24, 2.45) is 0 Å². The van der Waals surface area contributed by atoms with Gasteiger partial charge in [-0.15, -0.1) is 0 Å². The molecular formula is C10H21N. The van der Waals surface area contributed by atoms with Gasteiger partial charge in [-0.1, -0.05) is 20.4 Å². The first kappa shape index (κ1) is 10.5. The second-order valence-corrected chi connectivity index (χ2v) is 3.17. The first-order chi connectivity index (χ1) is 5.14. The van der Waals surface area contributed by atoms with Crippen molar-refractivity contribution in [2.45, 2.75) is 46.1 Å². The quantitative estimate of drug-likeness (QED) is 0.590. The van der Waals surface area contributed by atoms with Gasteiger partial charge in [0.05, 0.1) is 0 Å². The predicted molar refractivity (Wildman–Crippen MR) is 51.6 cm³/mol. The lowest BCUT2D eigenvalue weighted by atomic mass is 9.93. The third-order valence-electron chi connectivity index (χ3n) is 2.78. The summed E-state index contributed by atoms with van der Waals surface area (Å²) in [6.45, 7) is 13.8. The molecule has 0 aliphatic rings. The summed E-state index contributed by atoms with van der Waals surface area (Å²) in [4.78, 5) is 2.31. The molecule has 0 spiro atoms. The monoisotopic (exact) mass is 155 g/mol. The molecule has 0 radical (unpaired) electrons. The highest BCUT2D eigenvalue weighted by atomic mass is 15.2. The third kappa shape index (κ3) is 2.25. The van der Waals surface area contributed by atoms with E-state index in [4.69, 9.17) is 0 Å². The molecule has 11 heavy (non-hydrogen) atoms. The SMILES string of the molecule is C=CN(CC)C(C)(CC)CC. The Morgan fingerprint density at radius 2 is 1.73 bits per heavy atom. The zero-order chi connectivity index (χ0) is 8.91. The summed E-state index contributed by atoms with van der Waals surface area (Å²) in [7, 11) is 0. The largest absolute Gasteiger partial charge is 0.373 e. The summed E-state index contributed by atoms with van der Waals surface area (Å²) >= 11 is 0. The Hall–Kier alpha value is -0.460. The van der Waals surface area contributed by atoms with Gasteiger partial charge < -0.3 is 4.90 Å². The molecule has 0 rings (SSSR count). The highest BCUT2D eigenvalue weighted by molar-refractivity contribution is 4.88. The van der Waals surface area contributed by atoms with Gasteiger partial charge in [-0.3, -0.25) is 0 Å². The predicted octanol–water partition coefficient (Wildman–Crippen LogP) is 3.03. The molecule has 0 heterocycles. The minimum atomic E-state index is 0.316. The summed E-state index contributed by atoms with van der Waals surface area (Å²) in [6.07, 6.45) is 4.32. The van der Waals surface area contributed by atoms with Crippen molar-refractivity contribution in [2.75, 3.05) is 6.54 Å². The molecule has 0 aromatic rings. The molecule has 1 nitrogen and oxygen atoms in total. The first-order valence-electron chi connectivity index (χ1n) is 4.53. The van der Waals surface area contributed by atoms with Crippen molar-refractivity contribution in [3.05, 3.63) is 12.8 Å². The van der Waals surface area contributed by atoms with Crippen LogP contribution in [0.3, 0.4) is 0 Å². The van der Waals surface area contributed by atoms with Crippen molar-refractivity contribution in [3.63, 3.8) is 0 Å². The van der Waals surface area contributed by atoms with Gasteiger partial charge in [0.2, 0.25) is 0 Å². The second-order valence-electron chi connectivity index (χ2n) is 3.17. The zero-order valence-electron chi connectivity index (χ0n) is 8.35. The molecule has 0 atom stereocenters. The lowest BCUT2D eigenvalue weighted by Crippen LogP contribution is -2.41. The van der Waals surface area contributed by atoms with E-state index in [0.717, 1.165) is 6.54 Å². The molecule has 0 amide bonds. The maximum Gasteiger partial charge on any atom is 0.0363 e. The third-order valence-corrected chi connectivity index (χ3v) is 2.78. The fraction of sp³-hybridized carbons (Fsp3) is 0.800. The van der Waals surface area contributed by atoms with Crippen LogP contribution in [0, 0.1) is 0 Å². The molecular weight excluding hydrogens is 134 g/mol. The van der Waals surface area contributed by atoms with E-state index >= 15 is 0 Å². The topological polar surface area (TPSA) is 3.24 Å².